The molecule has 7 heteroatoms. The predicted octanol–water partition coefficient (Wildman–Crippen LogP) is 3.18. The smallest absolute Gasteiger partial charge is 0.270 e. The van der Waals surface area contributed by atoms with Gasteiger partial charge in [0.25, 0.3) is 11.6 Å². The van der Waals surface area contributed by atoms with E-state index in [1.165, 1.54) is 12.1 Å². The van der Waals surface area contributed by atoms with E-state index in [1.807, 2.05) is 6.92 Å². The number of nitrogens with zero attached hydrogens (tertiary/aromatic N) is 1. The Morgan fingerprint density at radius 1 is 1.42 bits per heavy atom. The Hall–Kier alpha value is -0.950. The second-order valence-corrected chi connectivity index (χ2v) is 5.66. The molecule has 1 aromatic rings. The monoisotopic (exact) mass is 392 g/mol. The number of non-ortho nitro benzene ring substituents is 1. The van der Waals surface area contributed by atoms with Gasteiger partial charge in [-0.1, -0.05) is 37.9 Å². The molecule has 19 heavy (non-hydrogen) atoms. The van der Waals surface area contributed by atoms with Crippen molar-refractivity contribution in [1.82, 2.24) is 5.32 Å². The first-order valence-electron chi connectivity index (χ1n) is 5.52. The highest BCUT2D eigenvalue weighted by Crippen LogP contribution is 2.19. The van der Waals surface area contributed by atoms with Crippen molar-refractivity contribution in [2.45, 2.75) is 19.4 Å². The number of benzene rings is 1. The van der Waals surface area contributed by atoms with Crippen molar-refractivity contribution in [3.63, 3.8) is 0 Å². The summed E-state index contributed by atoms with van der Waals surface area (Å²) >= 11 is 6.67. The summed E-state index contributed by atoms with van der Waals surface area (Å²) in [4.78, 5) is 22.4. The van der Waals surface area contributed by atoms with Gasteiger partial charge < -0.3 is 5.32 Å². The minimum absolute atomic E-state index is 0.0878. The Labute approximate surface area is 128 Å². The van der Waals surface area contributed by atoms with Crippen LogP contribution < -0.4 is 5.32 Å². The zero-order valence-corrected chi connectivity index (χ0v) is 13.7. The van der Waals surface area contributed by atoms with Crippen LogP contribution in [0, 0.1) is 17.0 Å². The van der Waals surface area contributed by atoms with Crippen LogP contribution in [0.15, 0.2) is 18.2 Å². The van der Waals surface area contributed by atoms with E-state index in [4.69, 9.17) is 0 Å². The molecule has 0 aliphatic rings. The summed E-state index contributed by atoms with van der Waals surface area (Å²) < 4.78 is 0. The van der Waals surface area contributed by atoms with Crippen LogP contribution in [0.1, 0.15) is 22.8 Å². The third-order valence-electron chi connectivity index (χ3n) is 2.68. The van der Waals surface area contributed by atoms with Crippen molar-refractivity contribution in [3.05, 3.63) is 39.4 Å². The lowest BCUT2D eigenvalue weighted by Crippen LogP contribution is -2.49. The number of carbonyl (C=O) groups is 1. The van der Waals surface area contributed by atoms with Gasteiger partial charge in [-0.2, -0.15) is 0 Å². The van der Waals surface area contributed by atoms with Crippen LogP contribution in [-0.2, 0) is 0 Å². The van der Waals surface area contributed by atoms with Crippen molar-refractivity contribution in [3.8, 4) is 0 Å². The van der Waals surface area contributed by atoms with E-state index < -0.39 is 10.5 Å². The maximum Gasteiger partial charge on any atom is 0.270 e. The van der Waals surface area contributed by atoms with Gasteiger partial charge in [0.1, 0.15) is 0 Å². The predicted molar refractivity (Wildman–Crippen MR) is 81.3 cm³/mol. The highest BCUT2D eigenvalue weighted by molar-refractivity contribution is 9.09. The van der Waals surface area contributed by atoms with Gasteiger partial charge in [0.2, 0.25) is 0 Å². The quantitative estimate of drug-likeness (QED) is 0.474. The number of nitrogens with one attached hydrogen (secondary N) is 1. The molecule has 0 aromatic heterocycles. The highest BCUT2D eigenvalue weighted by atomic mass is 79.9. The second-order valence-electron chi connectivity index (χ2n) is 4.54. The van der Waals surface area contributed by atoms with E-state index in [2.05, 4.69) is 37.2 Å². The Bertz CT molecular complexity index is 502. The average Bonchev–Trinajstić information content (AvgIpc) is 2.38. The van der Waals surface area contributed by atoms with Gasteiger partial charge in [-0.25, -0.2) is 0 Å². The number of aryl methyl sites for hydroxylation is 1. The van der Waals surface area contributed by atoms with Crippen molar-refractivity contribution in [2.75, 3.05) is 10.7 Å². The van der Waals surface area contributed by atoms with Crippen LogP contribution in [-0.4, -0.2) is 27.0 Å². The molecule has 1 rings (SSSR count). The number of hydrogen-bond donors (Lipinski definition) is 1. The van der Waals surface area contributed by atoms with E-state index >= 15 is 0 Å². The standard InChI is InChI=1S/C12H14Br2N2O3/c1-8-3-4-9(16(18)19)5-10(8)11(17)15-12(2,6-13)7-14/h3-5H,6-7H2,1-2H3,(H,15,17). The van der Waals surface area contributed by atoms with Crippen LogP contribution in [0.5, 0.6) is 0 Å². The third-order valence-corrected chi connectivity index (χ3v) is 5.16. The number of nitro benzene ring substituents is 1. The molecule has 0 saturated carbocycles. The summed E-state index contributed by atoms with van der Waals surface area (Å²) in [6, 6.07) is 4.26. The van der Waals surface area contributed by atoms with Crippen LogP contribution in [0.25, 0.3) is 0 Å². The Morgan fingerprint density at radius 2 is 2.00 bits per heavy atom. The Kier molecular flexibility index (Phi) is 5.49. The van der Waals surface area contributed by atoms with E-state index in [-0.39, 0.29) is 11.6 Å². The number of amides is 1. The minimum atomic E-state index is -0.510. The zero-order valence-electron chi connectivity index (χ0n) is 10.6. The van der Waals surface area contributed by atoms with Gasteiger partial charge in [0.15, 0.2) is 0 Å². The Balaban J connectivity index is 3.06. The number of carbonyl (C=O) groups excluding carboxylic acids is 1. The Morgan fingerprint density at radius 3 is 2.47 bits per heavy atom. The first kappa shape index (κ1) is 16.1. The molecule has 0 fully saturated rings. The van der Waals surface area contributed by atoms with Gasteiger partial charge in [0, 0.05) is 28.4 Å². The molecule has 0 spiro atoms. The van der Waals surface area contributed by atoms with Gasteiger partial charge >= 0.3 is 0 Å². The lowest BCUT2D eigenvalue weighted by Gasteiger charge is -2.26. The lowest BCUT2D eigenvalue weighted by atomic mass is 10.0. The molecule has 1 N–H and O–H groups in total. The summed E-state index contributed by atoms with van der Waals surface area (Å²) in [5, 5.41) is 14.8. The maximum atomic E-state index is 12.2. The molecule has 0 aliphatic carbocycles. The molecule has 0 unspecified atom stereocenters. The van der Waals surface area contributed by atoms with E-state index in [0.717, 1.165) is 0 Å². The van der Waals surface area contributed by atoms with Gasteiger partial charge in [-0.05, 0) is 19.4 Å². The van der Waals surface area contributed by atoms with Crippen molar-refractivity contribution in [2.24, 2.45) is 0 Å². The number of alkyl halides is 2. The normalized spacial score (nSPS) is 11.2. The molecule has 1 aromatic carbocycles. The van der Waals surface area contributed by atoms with Crippen LogP contribution >= 0.6 is 31.9 Å². The molecular weight excluding hydrogens is 380 g/mol. The fraction of sp³-hybridized carbons (Fsp3) is 0.417. The second kappa shape index (κ2) is 6.47. The number of hydrogen-bond acceptors (Lipinski definition) is 3. The summed E-state index contributed by atoms with van der Waals surface area (Å²) in [7, 11) is 0. The number of nitro groups is 1. The SMILES string of the molecule is Cc1ccc([N+](=O)[O-])cc1C(=O)NC(C)(CBr)CBr. The van der Waals surface area contributed by atoms with Crippen LogP contribution in [0.3, 0.4) is 0 Å². The van der Waals surface area contributed by atoms with Crippen LogP contribution in [0.4, 0.5) is 5.69 Å². The van der Waals surface area contributed by atoms with Crippen molar-refractivity contribution in [1.29, 1.82) is 0 Å². The molecule has 0 saturated heterocycles. The minimum Gasteiger partial charge on any atom is -0.345 e. The summed E-state index contributed by atoms with van der Waals surface area (Å²) in [5.41, 5.74) is 0.487. The summed E-state index contributed by atoms with van der Waals surface area (Å²) in [5.74, 6) is -0.317. The molecule has 0 heterocycles. The highest BCUT2D eigenvalue weighted by Gasteiger charge is 2.25. The van der Waals surface area contributed by atoms with E-state index in [9.17, 15) is 14.9 Å². The first-order valence-corrected chi connectivity index (χ1v) is 7.77. The molecule has 0 radical (unpaired) electrons. The molecule has 5 nitrogen and oxygen atoms in total. The fourth-order valence-electron chi connectivity index (χ4n) is 1.41. The van der Waals surface area contributed by atoms with Crippen molar-refractivity contribution < 1.29 is 9.72 Å². The maximum absolute atomic E-state index is 12.2. The molecule has 0 atom stereocenters. The van der Waals surface area contributed by atoms with E-state index in [1.54, 1.807) is 13.0 Å². The fourth-order valence-corrected chi connectivity index (χ4v) is 2.62. The van der Waals surface area contributed by atoms with Gasteiger partial charge in [-0.15, -0.1) is 0 Å². The average molecular weight is 394 g/mol. The largest absolute Gasteiger partial charge is 0.345 e. The van der Waals surface area contributed by atoms with E-state index in [0.29, 0.717) is 21.8 Å². The third kappa shape index (κ3) is 4.01. The molecule has 0 aliphatic heterocycles. The molecule has 0 bridgehead atoms. The van der Waals surface area contributed by atoms with Gasteiger partial charge in [0.05, 0.1) is 10.5 Å². The van der Waals surface area contributed by atoms with Gasteiger partial charge in [-0.3, -0.25) is 14.9 Å². The molecular formula is C12H14Br2N2O3. The summed E-state index contributed by atoms with van der Waals surface area (Å²) in [6.07, 6.45) is 0. The molecule has 104 valence electrons. The van der Waals surface area contributed by atoms with Crippen LogP contribution in [0.2, 0.25) is 0 Å². The molecule has 1 amide bonds. The number of rotatable bonds is 5. The summed E-state index contributed by atoms with van der Waals surface area (Å²) in [6.45, 7) is 3.62. The topological polar surface area (TPSA) is 72.2 Å². The first-order chi connectivity index (χ1) is 8.83. The zero-order chi connectivity index (χ0) is 14.6. The lowest BCUT2D eigenvalue weighted by molar-refractivity contribution is -0.384. The number of halogens is 2. The van der Waals surface area contributed by atoms with Crippen molar-refractivity contribution >= 4 is 43.5 Å².